The molecule has 0 saturated carbocycles. The largest absolute Gasteiger partial charge is 0.462 e. The molecule has 1 unspecified atom stereocenters. The van der Waals surface area contributed by atoms with Gasteiger partial charge in [0, 0.05) is 6.54 Å². The average Bonchev–Trinajstić information content (AvgIpc) is 2.57. The first-order valence-electron chi connectivity index (χ1n) is 9.77. The summed E-state index contributed by atoms with van der Waals surface area (Å²) in [5.74, 6) is 0.617. The molecule has 1 amide bonds. The maximum atomic E-state index is 12.4. The van der Waals surface area contributed by atoms with Crippen LogP contribution >= 0.6 is 0 Å². The Hall–Kier alpha value is -1.26. The van der Waals surface area contributed by atoms with E-state index in [4.69, 9.17) is 9.47 Å². The van der Waals surface area contributed by atoms with Crippen LogP contribution in [0.1, 0.15) is 74.1 Å². The molecule has 0 fully saturated rings. The normalized spacial score (nSPS) is 13.0. The fraction of sp³-hybridized carbons (Fsp3) is 0.900. The zero-order chi connectivity index (χ0) is 19.5. The standard InChI is InChI=1S/C20H39NO4/c1-8-10-11-17(9-2)14-21-19(23)25-13-12-24-18(22)20(7,15(3)4)16(5)6/h15-17H,8-14H2,1-7H3,(H,21,23). The second-order valence-corrected chi connectivity index (χ2v) is 7.66. The molecule has 0 rings (SSSR count). The first kappa shape index (κ1) is 23.7. The van der Waals surface area contributed by atoms with Crippen molar-refractivity contribution in [3.8, 4) is 0 Å². The summed E-state index contributed by atoms with van der Waals surface area (Å²) in [6, 6.07) is 0. The van der Waals surface area contributed by atoms with Gasteiger partial charge in [-0.15, -0.1) is 0 Å². The number of amides is 1. The van der Waals surface area contributed by atoms with Crippen molar-refractivity contribution in [3.63, 3.8) is 0 Å². The predicted molar refractivity (Wildman–Crippen MR) is 101 cm³/mol. The number of alkyl carbamates (subject to hydrolysis) is 1. The molecule has 0 aliphatic heterocycles. The van der Waals surface area contributed by atoms with Gasteiger partial charge in [-0.2, -0.15) is 0 Å². The highest BCUT2D eigenvalue weighted by atomic mass is 16.6. The van der Waals surface area contributed by atoms with Gasteiger partial charge >= 0.3 is 12.1 Å². The van der Waals surface area contributed by atoms with Gasteiger partial charge in [-0.3, -0.25) is 4.79 Å². The van der Waals surface area contributed by atoms with E-state index >= 15 is 0 Å². The third-order valence-electron chi connectivity index (χ3n) is 5.47. The molecule has 0 bridgehead atoms. The maximum absolute atomic E-state index is 12.4. The van der Waals surface area contributed by atoms with E-state index in [1.165, 1.54) is 6.42 Å². The molecule has 0 aliphatic carbocycles. The van der Waals surface area contributed by atoms with Crippen LogP contribution in [0.25, 0.3) is 0 Å². The van der Waals surface area contributed by atoms with Crippen LogP contribution in [0.2, 0.25) is 0 Å². The fourth-order valence-electron chi connectivity index (χ4n) is 2.78. The number of carbonyl (C=O) groups is 2. The van der Waals surface area contributed by atoms with Crippen LogP contribution in [0.5, 0.6) is 0 Å². The summed E-state index contributed by atoms with van der Waals surface area (Å²) in [6.45, 7) is 15.1. The minimum atomic E-state index is -0.532. The van der Waals surface area contributed by atoms with Crippen LogP contribution in [-0.2, 0) is 14.3 Å². The van der Waals surface area contributed by atoms with Crippen LogP contribution in [0.4, 0.5) is 4.79 Å². The lowest BCUT2D eigenvalue weighted by molar-refractivity contribution is -0.162. The number of hydrogen-bond acceptors (Lipinski definition) is 4. The third-order valence-corrected chi connectivity index (χ3v) is 5.47. The van der Waals surface area contributed by atoms with Crippen molar-refractivity contribution in [3.05, 3.63) is 0 Å². The molecule has 0 saturated heterocycles. The van der Waals surface area contributed by atoms with Crippen LogP contribution in [0, 0.1) is 23.2 Å². The molecule has 0 radical (unpaired) electrons. The van der Waals surface area contributed by atoms with E-state index in [1.807, 2.05) is 34.6 Å². The molecule has 0 heterocycles. The number of carbonyl (C=O) groups excluding carboxylic acids is 2. The summed E-state index contributed by atoms with van der Waals surface area (Å²) in [5, 5.41) is 2.80. The van der Waals surface area contributed by atoms with E-state index in [0.29, 0.717) is 12.5 Å². The lowest BCUT2D eigenvalue weighted by atomic mass is 9.70. The van der Waals surface area contributed by atoms with E-state index in [9.17, 15) is 9.59 Å². The molecule has 148 valence electrons. The summed E-state index contributed by atoms with van der Waals surface area (Å²) >= 11 is 0. The molecular formula is C20H39NO4. The van der Waals surface area contributed by atoms with Gasteiger partial charge in [-0.05, 0) is 31.1 Å². The number of hydrogen-bond donors (Lipinski definition) is 1. The number of unbranched alkanes of at least 4 members (excludes halogenated alkanes) is 1. The Morgan fingerprint density at radius 1 is 1.00 bits per heavy atom. The molecule has 0 aromatic rings. The van der Waals surface area contributed by atoms with Gasteiger partial charge in [0.05, 0.1) is 5.41 Å². The van der Waals surface area contributed by atoms with Gasteiger partial charge in [0.25, 0.3) is 0 Å². The molecule has 0 aromatic heterocycles. The Morgan fingerprint density at radius 3 is 2.04 bits per heavy atom. The lowest BCUT2D eigenvalue weighted by Gasteiger charge is -2.35. The quantitative estimate of drug-likeness (QED) is 0.403. The minimum absolute atomic E-state index is 0.0790. The lowest BCUT2D eigenvalue weighted by Crippen LogP contribution is -2.40. The van der Waals surface area contributed by atoms with Gasteiger partial charge in [-0.25, -0.2) is 4.79 Å². The molecule has 5 nitrogen and oxygen atoms in total. The number of rotatable bonds is 12. The van der Waals surface area contributed by atoms with Gasteiger partial charge < -0.3 is 14.8 Å². The van der Waals surface area contributed by atoms with Crippen molar-refractivity contribution in [2.45, 2.75) is 74.1 Å². The highest BCUT2D eigenvalue weighted by Gasteiger charge is 2.41. The number of ether oxygens (including phenoxy) is 2. The molecule has 0 aliphatic rings. The Kier molecular flexibility index (Phi) is 11.5. The van der Waals surface area contributed by atoms with Crippen LogP contribution in [0.15, 0.2) is 0 Å². The molecular weight excluding hydrogens is 318 g/mol. The first-order valence-corrected chi connectivity index (χ1v) is 9.77. The van der Waals surface area contributed by atoms with E-state index in [2.05, 4.69) is 19.2 Å². The third kappa shape index (κ3) is 8.10. The number of nitrogens with one attached hydrogen (secondary N) is 1. The molecule has 5 heteroatoms. The zero-order valence-corrected chi connectivity index (χ0v) is 17.3. The highest BCUT2D eigenvalue weighted by Crippen LogP contribution is 2.36. The molecule has 1 N–H and O–H groups in total. The number of esters is 1. The van der Waals surface area contributed by atoms with Crippen LogP contribution < -0.4 is 5.32 Å². The van der Waals surface area contributed by atoms with Gasteiger partial charge in [0.2, 0.25) is 0 Å². The van der Waals surface area contributed by atoms with Crippen molar-refractivity contribution in [2.24, 2.45) is 23.2 Å². The monoisotopic (exact) mass is 357 g/mol. The van der Waals surface area contributed by atoms with E-state index in [-0.39, 0.29) is 31.0 Å². The van der Waals surface area contributed by atoms with E-state index in [0.717, 1.165) is 19.3 Å². The summed E-state index contributed by atoms with van der Waals surface area (Å²) < 4.78 is 10.4. The topological polar surface area (TPSA) is 64.6 Å². The Labute approximate surface area is 154 Å². The summed E-state index contributed by atoms with van der Waals surface area (Å²) in [7, 11) is 0. The van der Waals surface area contributed by atoms with Crippen molar-refractivity contribution < 1.29 is 19.1 Å². The van der Waals surface area contributed by atoms with Crippen LogP contribution in [-0.4, -0.2) is 31.8 Å². The van der Waals surface area contributed by atoms with Gasteiger partial charge in [0.15, 0.2) is 0 Å². The predicted octanol–water partition coefficient (Wildman–Crippen LogP) is 4.79. The second-order valence-electron chi connectivity index (χ2n) is 7.66. The maximum Gasteiger partial charge on any atom is 0.407 e. The van der Waals surface area contributed by atoms with Crippen molar-refractivity contribution in [1.82, 2.24) is 5.32 Å². The molecule has 0 spiro atoms. The Bertz CT molecular complexity index is 385. The Morgan fingerprint density at radius 2 is 1.56 bits per heavy atom. The van der Waals surface area contributed by atoms with Crippen molar-refractivity contribution in [2.75, 3.05) is 19.8 Å². The minimum Gasteiger partial charge on any atom is -0.462 e. The van der Waals surface area contributed by atoms with Crippen molar-refractivity contribution >= 4 is 12.1 Å². The highest BCUT2D eigenvalue weighted by molar-refractivity contribution is 5.77. The van der Waals surface area contributed by atoms with E-state index in [1.54, 1.807) is 0 Å². The molecule has 0 aromatic carbocycles. The van der Waals surface area contributed by atoms with Gasteiger partial charge in [0.1, 0.15) is 13.2 Å². The summed E-state index contributed by atoms with van der Waals surface area (Å²) in [4.78, 5) is 24.1. The average molecular weight is 358 g/mol. The molecule has 25 heavy (non-hydrogen) atoms. The smallest absolute Gasteiger partial charge is 0.407 e. The van der Waals surface area contributed by atoms with Crippen molar-refractivity contribution in [1.29, 1.82) is 0 Å². The van der Waals surface area contributed by atoms with E-state index < -0.39 is 11.5 Å². The Balaban J connectivity index is 4.11. The first-order chi connectivity index (χ1) is 11.7. The summed E-state index contributed by atoms with van der Waals surface area (Å²) in [5.41, 5.74) is -0.532. The van der Waals surface area contributed by atoms with Gasteiger partial charge in [-0.1, -0.05) is 60.8 Å². The van der Waals surface area contributed by atoms with Crippen LogP contribution in [0.3, 0.4) is 0 Å². The molecule has 1 atom stereocenters. The summed E-state index contributed by atoms with van der Waals surface area (Å²) in [6.07, 6.45) is 4.06. The zero-order valence-electron chi connectivity index (χ0n) is 17.3. The SMILES string of the molecule is CCCCC(CC)CNC(=O)OCCOC(=O)C(C)(C(C)C)C(C)C. The second kappa shape index (κ2) is 12.2. The fourth-order valence-corrected chi connectivity index (χ4v) is 2.78.